The number of nitrogens with one attached hydrogen (secondary N) is 1. The first-order chi connectivity index (χ1) is 10.5. The third kappa shape index (κ3) is 5.38. The van der Waals surface area contributed by atoms with Crippen LogP contribution in [0, 0.1) is 0 Å². The van der Waals surface area contributed by atoms with Crippen molar-refractivity contribution >= 4 is 49.4 Å². The number of hydrogen-bond donors (Lipinski definition) is 2. The van der Waals surface area contributed by atoms with E-state index in [1.165, 1.54) is 0 Å². The molecule has 5 nitrogen and oxygen atoms in total. The molecule has 0 spiro atoms. The fraction of sp³-hybridized carbons (Fsp3) is 0.400. The third-order valence-electron chi connectivity index (χ3n) is 3.10. The van der Waals surface area contributed by atoms with Gasteiger partial charge in [-0.05, 0) is 31.0 Å². The van der Waals surface area contributed by atoms with Gasteiger partial charge in [0.25, 0.3) is 0 Å². The molecule has 0 fully saturated rings. The number of benzene rings is 1. The van der Waals surface area contributed by atoms with Crippen molar-refractivity contribution in [2.75, 3.05) is 6.54 Å². The van der Waals surface area contributed by atoms with E-state index in [0.29, 0.717) is 32.2 Å². The summed E-state index contributed by atoms with van der Waals surface area (Å²) in [6, 6.07) is 5.97. The van der Waals surface area contributed by atoms with Crippen LogP contribution in [0.4, 0.5) is 0 Å². The van der Waals surface area contributed by atoms with Gasteiger partial charge in [-0.25, -0.2) is 4.98 Å². The lowest BCUT2D eigenvalue weighted by Crippen LogP contribution is -2.24. The highest BCUT2D eigenvalue weighted by Gasteiger charge is 2.07. The first kappa shape index (κ1) is 16.9. The second-order valence-electron chi connectivity index (χ2n) is 4.92. The van der Waals surface area contributed by atoms with Crippen LogP contribution in [-0.4, -0.2) is 28.5 Å². The third-order valence-corrected chi connectivity index (χ3v) is 4.69. The summed E-state index contributed by atoms with van der Waals surface area (Å²) in [5.74, 6) is -0.815. The van der Waals surface area contributed by atoms with Crippen molar-refractivity contribution in [3.05, 3.63) is 27.7 Å². The van der Waals surface area contributed by atoms with Crippen LogP contribution in [0.1, 0.15) is 30.7 Å². The van der Waals surface area contributed by atoms with Gasteiger partial charge in [-0.3, -0.25) is 9.59 Å². The average Bonchev–Trinajstić information content (AvgIpc) is 2.86. The molecule has 1 heterocycles. The molecule has 118 valence electrons. The molecule has 7 heteroatoms. The van der Waals surface area contributed by atoms with E-state index in [-0.39, 0.29) is 12.3 Å². The largest absolute Gasteiger partial charge is 0.481 e. The molecule has 22 heavy (non-hydrogen) atoms. The summed E-state index contributed by atoms with van der Waals surface area (Å²) in [6.45, 7) is 0.527. The molecule has 0 unspecified atom stereocenters. The van der Waals surface area contributed by atoms with Crippen LogP contribution in [0.5, 0.6) is 0 Å². The van der Waals surface area contributed by atoms with E-state index in [1.807, 2.05) is 18.2 Å². The number of unbranched alkanes of at least 4 members (excludes halogenated alkanes) is 1. The molecule has 0 radical (unpaired) electrons. The molecule has 0 atom stereocenters. The quantitative estimate of drug-likeness (QED) is 0.683. The number of thiazole rings is 1. The summed E-state index contributed by atoms with van der Waals surface area (Å²) in [6.07, 6.45) is 2.45. The van der Waals surface area contributed by atoms with Crippen LogP contribution in [0.2, 0.25) is 0 Å². The smallest absolute Gasteiger partial charge is 0.303 e. The van der Waals surface area contributed by atoms with Gasteiger partial charge in [-0.1, -0.05) is 15.9 Å². The molecule has 1 aromatic heterocycles. The lowest BCUT2D eigenvalue weighted by atomic mass is 10.2. The minimum atomic E-state index is -0.797. The monoisotopic (exact) mass is 384 g/mol. The predicted octanol–water partition coefficient (Wildman–Crippen LogP) is 3.36. The van der Waals surface area contributed by atoms with Gasteiger partial charge in [0.05, 0.1) is 15.2 Å². The predicted molar refractivity (Wildman–Crippen MR) is 90.1 cm³/mol. The van der Waals surface area contributed by atoms with Crippen molar-refractivity contribution in [3.8, 4) is 0 Å². The maximum Gasteiger partial charge on any atom is 0.303 e. The number of aryl methyl sites for hydroxylation is 1. The molecule has 2 aromatic rings. The van der Waals surface area contributed by atoms with Gasteiger partial charge in [0, 0.05) is 30.3 Å². The molecule has 2 rings (SSSR count). The molecule has 0 aliphatic carbocycles. The number of hydrogen-bond acceptors (Lipinski definition) is 4. The summed E-state index contributed by atoms with van der Waals surface area (Å²) >= 11 is 5.02. The molecule has 2 N–H and O–H groups in total. The number of halogens is 1. The van der Waals surface area contributed by atoms with E-state index in [0.717, 1.165) is 19.7 Å². The molecule has 1 aromatic carbocycles. The van der Waals surface area contributed by atoms with Gasteiger partial charge >= 0.3 is 5.97 Å². The van der Waals surface area contributed by atoms with E-state index >= 15 is 0 Å². The van der Waals surface area contributed by atoms with Crippen molar-refractivity contribution in [3.63, 3.8) is 0 Å². The number of carboxylic acid groups (broad SMARTS) is 1. The highest BCUT2D eigenvalue weighted by atomic mass is 79.9. The van der Waals surface area contributed by atoms with Gasteiger partial charge in [0.15, 0.2) is 0 Å². The minimum absolute atomic E-state index is 0.0178. The van der Waals surface area contributed by atoms with Crippen LogP contribution in [-0.2, 0) is 16.0 Å². The summed E-state index contributed by atoms with van der Waals surface area (Å²) in [5, 5.41) is 12.3. The Hall–Kier alpha value is -1.47. The number of carbonyl (C=O) groups is 2. The molecule has 1 amide bonds. The maximum absolute atomic E-state index is 11.7. The van der Waals surface area contributed by atoms with Gasteiger partial charge in [-0.15, -0.1) is 11.3 Å². The first-order valence-corrected chi connectivity index (χ1v) is 8.69. The molecule has 0 aliphatic rings. The highest BCUT2D eigenvalue weighted by Crippen LogP contribution is 2.25. The van der Waals surface area contributed by atoms with Crippen LogP contribution in [0.15, 0.2) is 22.7 Å². The first-order valence-electron chi connectivity index (χ1n) is 7.08. The minimum Gasteiger partial charge on any atom is -0.481 e. The number of rotatable bonds is 8. The molecule has 0 bridgehead atoms. The number of amides is 1. The summed E-state index contributed by atoms with van der Waals surface area (Å²) in [4.78, 5) is 26.6. The SMILES string of the molecule is O=C(O)CCCCNC(=O)CCc1nc2cc(Br)ccc2s1. The summed E-state index contributed by atoms with van der Waals surface area (Å²) < 4.78 is 2.11. The number of carbonyl (C=O) groups excluding carboxylic acids is 1. The normalized spacial score (nSPS) is 10.8. The number of aliphatic carboxylic acids is 1. The molecular formula is C15H17BrN2O3S. The Labute approximate surface area is 140 Å². The Bertz CT molecular complexity index is 672. The highest BCUT2D eigenvalue weighted by molar-refractivity contribution is 9.10. The molecule has 0 aliphatic heterocycles. The Morgan fingerprint density at radius 3 is 2.86 bits per heavy atom. The summed E-state index contributed by atoms with van der Waals surface area (Å²) in [5.41, 5.74) is 0.948. The van der Waals surface area contributed by atoms with Crippen molar-refractivity contribution < 1.29 is 14.7 Å². The zero-order chi connectivity index (χ0) is 15.9. The van der Waals surface area contributed by atoms with Gasteiger partial charge < -0.3 is 10.4 Å². The lowest BCUT2D eigenvalue weighted by Gasteiger charge is -2.03. The van der Waals surface area contributed by atoms with Crippen LogP contribution < -0.4 is 5.32 Å². The summed E-state index contributed by atoms with van der Waals surface area (Å²) in [7, 11) is 0. The lowest BCUT2D eigenvalue weighted by molar-refractivity contribution is -0.137. The Morgan fingerprint density at radius 2 is 2.09 bits per heavy atom. The second-order valence-corrected chi connectivity index (χ2v) is 6.95. The van der Waals surface area contributed by atoms with E-state index in [1.54, 1.807) is 11.3 Å². The van der Waals surface area contributed by atoms with Crippen LogP contribution in [0.25, 0.3) is 10.2 Å². The second kappa shape index (κ2) is 8.24. The number of fused-ring (bicyclic) bond motifs is 1. The van der Waals surface area contributed by atoms with Gasteiger partial charge in [-0.2, -0.15) is 0 Å². The molecule has 0 saturated carbocycles. The van der Waals surface area contributed by atoms with E-state index in [2.05, 4.69) is 26.2 Å². The Morgan fingerprint density at radius 1 is 1.27 bits per heavy atom. The van der Waals surface area contributed by atoms with Crippen molar-refractivity contribution in [2.24, 2.45) is 0 Å². The molecular weight excluding hydrogens is 368 g/mol. The van der Waals surface area contributed by atoms with Gasteiger partial charge in [0.2, 0.25) is 5.91 Å². The zero-order valence-corrected chi connectivity index (χ0v) is 14.4. The van der Waals surface area contributed by atoms with Crippen molar-refractivity contribution in [2.45, 2.75) is 32.1 Å². The van der Waals surface area contributed by atoms with Crippen molar-refractivity contribution in [1.82, 2.24) is 10.3 Å². The van der Waals surface area contributed by atoms with E-state index in [4.69, 9.17) is 5.11 Å². The molecule has 0 saturated heterocycles. The van der Waals surface area contributed by atoms with E-state index < -0.39 is 5.97 Å². The fourth-order valence-electron chi connectivity index (χ4n) is 1.99. The number of aromatic nitrogens is 1. The fourth-order valence-corrected chi connectivity index (χ4v) is 3.29. The standard InChI is InChI=1S/C15H17BrN2O3S/c16-10-4-5-12-11(9-10)18-14(22-12)7-6-13(19)17-8-2-1-3-15(20)21/h4-5,9H,1-3,6-8H2,(H,17,19)(H,20,21). The van der Waals surface area contributed by atoms with Gasteiger partial charge in [0.1, 0.15) is 0 Å². The average molecular weight is 385 g/mol. The van der Waals surface area contributed by atoms with Crippen molar-refractivity contribution in [1.29, 1.82) is 0 Å². The zero-order valence-electron chi connectivity index (χ0n) is 12.0. The van der Waals surface area contributed by atoms with E-state index in [9.17, 15) is 9.59 Å². The maximum atomic E-state index is 11.7. The Balaban J connectivity index is 1.72. The van der Waals surface area contributed by atoms with Crippen LogP contribution in [0.3, 0.4) is 0 Å². The number of carboxylic acids is 1. The Kier molecular flexibility index (Phi) is 6.33. The topological polar surface area (TPSA) is 79.3 Å². The van der Waals surface area contributed by atoms with Crippen LogP contribution >= 0.6 is 27.3 Å². The number of nitrogens with zero attached hydrogens (tertiary/aromatic N) is 1.